The Hall–Kier alpha value is 0.0269. The van der Waals surface area contributed by atoms with E-state index in [1.165, 1.54) is 0 Å². The van der Waals surface area contributed by atoms with Crippen molar-refractivity contribution in [2.45, 2.75) is 18.9 Å². The van der Waals surface area contributed by atoms with E-state index in [1.54, 1.807) is 11.8 Å². The van der Waals surface area contributed by atoms with Crippen molar-refractivity contribution < 1.29 is 9.59 Å². The van der Waals surface area contributed by atoms with Crippen molar-refractivity contribution in [2.75, 3.05) is 19.6 Å². The van der Waals surface area contributed by atoms with Gasteiger partial charge in [0.05, 0.1) is 0 Å². The zero-order valence-corrected chi connectivity index (χ0v) is 10.5. The Kier molecular flexibility index (Phi) is 4.06. The van der Waals surface area contributed by atoms with Crippen molar-refractivity contribution in [2.24, 2.45) is 0 Å². The number of halogens is 2. The minimum absolute atomic E-state index is 0.0495. The van der Waals surface area contributed by atoms with Gasteiger partial charge in [0, 0.05) is 25.2 Å². The topological polar surface area (TPSA) is 52.6 Å². The van der Waals surface area contributed by atoms with E-state index in [0.29, 0.717) is 19.5 Å². The molecule has 7 heteroatoms. The maximum absolute atomic E-state index is 11.1. The second kappa shape index (κ2) is 4.70. The average Bonchev–Trinajstić information content (AvgIpc) is 2.45. The molecule has 1 unspecified atom stereocenters. The number of hydrogen-bond acceptors (Lipinski definition) is 2. The third-order valence-electron chi connectivity index (χ3n) is 2.37. The summed E-state index contributed by atoms with van der Waals surface area (Å²) in [6.45, 7) is 0.746. The summed E-state index contributed by atoms with van der Waals surface area (Å²) in [5.41, 5.74) is -0.126. The number of urea groups is 1. The first-order chi connectivity index (χ1) is 6.41. The maximum atomic E-state index is 11.1. The van der Waals surface area contributed by atoms with Crippen LogP contribution in [-0.2, 0) is 0 Å². The lowest BCUT2D eigenvalue weighted by atomic mass is 10.3. The second-order valence-corrected chi connectivity index (χ2v) is 9.70. The number of carbonyl (C=O) groups is 1. The molecule has 1 saturated heterocycles. The molecule has 1 aliphatic rings. The highest BCUT2D eigenvalue weighted by Crippen LogP contribution is 2.29. The summed E-state index contributed by atoms with van der Waals surface area (Å²) < 4.78 is 0. The number of nitrogens with one attached hydrogen (secondary N) is 1. The summed E-state index contributed by atoms with van der Waals surface area (Å²) in [4.78, 5) is 22.2. The maximum Gasteiger partial charge on any atom is 0.389 e. The van der Waals surface area contributed by atoms with E-state index in [-0.39, 0.29) is 11.6 Å². The van der Waals surface area contributed by atoms with Gasteiger partial charge in [-0.05, 0) is 6.42 Å². The molecule has 14 heavy (non-hydrogen) atoms. The Bertz CT molecular complexity index is 222. The smallest absolute Gasteiger partial charge is 0.389 e. The molecule has 0 aromatic carbocycles. The molecule has 1 heterocycles. The highest BCUT2D eigenvalue weighted by Gasteiger charge is 2.34. The first-order valence-corrected chi connectivity index (χ1v) is 8.59. The van der Waals surface area contributed by atoms with E-state index in [4.69, 9.17) is 22.2 Å². The van der Waals surface area contributed by atoms with Gasteiger partial charge in [-0.25, -0.2) is 4.79 Å². The Morgan fingerprint density at radius 2 is 2.36 bits per heavy atom. The van der Waals surface area contributed by atoms with Crippen molar-refractivity contribution in [3.05, 3.63) is 0 Å². The molecule has 0 bridgehead atoms. The highest BCUT2D eigenvalue weighted by atomic mass is 35.7. The number of carbonyl (C=O) groups excluding carboxylic acids is 1. The first-order valence-electron chi connectivity index (χ1n) is 4.54. The molecule has 1 aliphatic heterocycles. The van der Waals surface area contributed by atoms with E-state index in [2.05, 4.69) is 5.32 Å². The summed E-state index contributed by atoms with van der Waals surface area (Å²) in [7, 11) is 0. The van der Waals surface area contributed by atoms with E-state index < -0.39 is 6.94 Å². The Balaban J connectivity index is 2.30. The van der Waals surface area contributed by atoms with Crippen molar-refractivity contribution in [1.82, 2.24) is 10.2 Å². The lowest BCUT2D eigenvalue weighted by molar-refractivity contribution is 0.216. The molecule has 4 nitrogen and oxygen atoms in total. The molecular weight excluding hydrogens is 243 g/mol. The minimum Gasteiger partial charge on any atom is -0.408 e. The normalized spacial score (nSPS) is 19.7. The fourth-order valence-corrected chi connectivity index (χ4v) is 2.38. The van der Waals surface area contributed by atoms with Crippen molar-refractivity contribution in [3.63, 3.8) is 0 Å². The fraction of sp³-hybridized carbons (Fsp3) is 0.857. The standard InChI is InChI=1S/C7H14Cl2N2O2Si/c1-6(14(8,9)13)2-4-11-5-3-10-7(11)12/h6,13H,2-5H2,1H3,(H,10,12). The number of rotatable bonds is 4. The Labute approximate surface area is 93.7 Å². The number of nitrogens with zero attached hydrogens (tertiary/aromatic N) is 1. The molecule has 0 aromatic heterocycles. The van der Waals surface area contributed by atoms with Gasteiger partial charge >= 0.3 is 13.0 Å². The van der Waals surface area contributed by atoms with Crippen LogP contribution >= 0.6 is 22.2 Å². The van der Waals surface area contributed by atoms with E-state index in [9.17, 15) is 9.59 Å². The number of hydrogen-bond donors (Lipinski definition) is 2. The van der Waals surface area contributed by atoms with Gasteiger partial charge in [-0.1, -0.05) is 6.92 Å². The van der Waals surface area contributed by atoms with Gasteiger partial charge in [0.1, 0.15) is 0 Å². The summed E-state index contributed by atoms with van der Waals surface area (Å²) in [5, 5.41) is 2.70. The van der Waals surface area contributed by atoms with E-state index >= 15 is 0 Å². The van der Waals surface area contributed by atoms with Crippen LogP contribution in [0.25, 0.3) is 0 Å². The molecule has 2 amide bonds. The molecule has 1 fully saturated rings. The van der Waals surface area contributed by atoms with Crippen molar-refractivity contribution in [3.8, 4) is 0 Å². The second-order valence-electron chi connectivity index (χ2n) is 3.50. The van der Waals surface area contributed by atoms with Crippen LogP contribution in [0.1, 0.15) is 13.3 Å². The van der Waals surface area contributed by atoms with Crippen LogP contribution < -0.4 is 5.32 Å². The number of amides is 2. The highest BCUT2D eigenvalue weighted by molar-refractivity contribution is 7.42. The Morgan fingerprint density at radius 3 is 2.79 bits per heavy atom. The van der Waals surface area contributed by atoms with Gasteiger partial charge in [0.2, 0.25) is 0 Å². The van der Waals surface area contributed by atoms with Gasteiger partial charge in [-0.15, -0.1) is 22.2 Å². The zero-order valence-electron chi connectivity index (χ0n) is 7.96. The van der Waals surface area contributed by atoms with Crippen LogP contribution in [0, 0.1) is 0 Å². The third kappa shape index (κ3) is 3.31. The molecule has 0 saturated carbocycles. The van der Waals surface area contributed by atoms with Crippen molar-refractivity contribution in [1.29, 1.82) is 0 Å². The molecule has 82 valence electrons. The lowest BCUT2D eigenvalue weighted by Gasteiger charge is -2.20. The Morgan fingerprint density at radius 1 is 1.71 bits per heavy atom. The van der Waals surface area contributed by atoms with Crippen LogP contribution in [0.5, 0.6) is 0 Å². The predicted octanol–water partition coefficient (Wildman–Crippen LogP) is 1.20. The van der Waals surface area contributed by atoms with Crippen LogP contribution in [0.4, 0.5) is 4.79 Å². The van der Waals surface area contributed by atoms with Crippen LogP contribution in [0.15, 0.2) is 0 Å². The lowest BCUT2D eigenvalue weighted by Crippen LogP contribution is -2.32. The van der Waals surface area contributed by atoms with Gasteiger partial charge < -0.3 is 15.0 Å². The molecule has 0 radical (unpaired) electrons. The average molecular weight is 257 g/mol. The monoisotopic (exact) mass is 256 g/mol. The summed E-state index contributed by atoms with van der Waals surface area (Å²) in [6.07, 6.45) is 0.642. The van der Waals surface area contributed by atoms with E-state index in [0.717, 1.165) is 6.54 Å². The zero-order chi connectivity index (χ0) is 10.8. The van der Waals surface area contributed by atoms with Gasteiger partial charge in [0.15, 0.2) is 0 Å². The van der Waals surface area contributed by atoms with Crippen LogP contribution in [0.2, 0.25) is 5.54 Å². The van der Waals surface area contributed by atoms with Gasteiger partial charge in [0.25, 0.3) is 0 Å². The summed E-state index contributed by atoms with van der Waals surface area (Å²) in [5.74, 6) is 0. The van der Waals surface area contributed by atoms with Gasteiger partial charge in [-0.2, -0.15) is 0 Å². The largest absolute Gasteiger partial charge is 0.408 e. The summed E-state index contributed by atoms with van der Waals surface area (Å²) >= 11 is 11.3. The molecule has 1 rings (SSSR count). The fourth-order valence-electron chi connectivity index (χ4n) is 1.25. The minimum atomic E-state index is -3.07. The first kappa shape index (κ1) is 12.1. The van der Waals surface area contributed by atoms with Gasteiger partial charge in [-0.3, -0.25) is 0 Å². The molecule has 0 spiro atoms. The molecule has 0 aromatic rings. The quantitative estimate of drug-likeness (QED) is 0.587. The van der Waals surface area contributed by atoms with Crippen LogP contribution in [-0.4, -0.2) is 42.3 Å². The van der Waals surface area contributed by atoms with Crippen molar-refractivity contribution >= 4 is 35.1 Å². The molecule has 2 N–H and O–H groups in total. The summed E-state index contributed by atoms with van der Waals surface area (Å²) in [6, 6.07) is -0.0495. The third-order valence-corrected chi connectivity index (χ3v) is 6.08. The molecular formula is C7H14Cl2N2O2Si. The van der Waals surface area contributed by atoms with E-state index in [1.807, 2.05) is 0 Å². The predicted molar refractivity (Wildman–Crippen MR) is 58.7 cm³/mol. The molecule has 1 atom stereocenters. The van der Waals surface area contributed by atoms with Crippen LogP contribution in [0.3, 0.4) is 0 Å². The molecule has 0 aliphatic carbocycles. The SMILES string of the molecule is CC(CCN1CCNC1=O)[Si](O)(Cl)Cl.